The average Bonchev–Trinajstić information content (AvgIpc) is 2.98. The van der Waals surface area contributed by atoms with Gasteiger partial charge in [-0.1, -0.05) is 12.1 Å². The SMILES string of the molecule is CN(C)CCNC1CCC(c2nc3ccccc3o2)=CC1[N+](=O)[O-]. The maximum Gasteiger partial charge on any atom is 0.247 e. The molecule has 0 bridgehead atoms. The van der Waals surface area contributed by atoms with Crippen LogP contribution in [0.4, 0.5) is 0 Å². The minimum Gasteiger partial charge on any atom is -0.436 e. The summed E-state index contributed by atoms with van der Waals surface area (Å²) in [7, 11) is 3.97. The maximum atomic E-state index is 11.5. The Hall–Kier alpha value is -2.25. The van der Waals surface area contributed by atoms with Crippen molar-refractivity contribution >= 4 is 16.7 Å². The number of benzene rings is 1. The molecule has 0 radical (unpaired) electrons. The Kier molecular flexibility index (Phi) is 4.92. The summed E-state index contributed by atoms with van der Waals surface area (Å²) < 4.78 is 5.75. The Morgan fingerprint density at radius 2 is 2.21 bits per heavy atom. The van der Waals surface area contributed by atoms with Gasteiger partial charge in [0.05, 0.1) is 6.04 Å². The van der Waals surface area contributed by atoms with Crippen molar-refractivity contribution in [2.24, 2.45) is 0 Å². The number of hydrogen-bond donors (Lipinski definition) is 1. The molecule has 1 aromatic heterocycles. The first-order valence-corrected chi connectivity index (χ1v) is 8.13. The second-order valence-electron chi connectivity index (χ2n) is 6.36. The summed E-state index contributed by atoms with van der Waals surface area (Å²) in [6.07, 6.45) is 3.11. The minimum absolute atomic E-state index is 0.159. The number of oxazole rings is 1. The molecule has 2 unspecified atom stereocenters. The molecular weight excluding hydrogens is 308 g/mol. The van der Waals surface area contributed by atoms with E-state index in [4.69, 9.17) is 4.42 Å². The van der Waals surface area contributed by atoms with E-state index in [1.165, 1.54) is 0 Å². The van der Waals surface area contributed by atoms with Crippen LogP contribution in [-0.2, 0) is 0 Å². The third kappa shape index (κ3) is 3.63. The fourth-order valence-corrected chi connectivity index (χ4v) is 2.98. The molecule has 24 heavy (non-hydrogen) atoms. The molecule has 7 heteroatoms. The van der Waals surface area contributed by atoms with Gasteiger partial charge >= 0.3 is 0 Å². The largest absolute Gasteiger partial charge is 0.436 e. The van der Waals surface area contributed by atoms with Crippen molar-refractivity contribution in [3.63, 3.8) is 0 Å². The zero-order chi connectivity index (χ0) is 17.1. The topological polar surface area (TPSA) is 84.4 Å². The number of nitrogens with one attached hydrogen (secondary N) is 1. The number of fused-ring (bicyclic) bond motifs is 1. The standard InChI is InChI=1S/C17H22N4O3/c1-20(2)10-9-18-13-8-7-12(11-15(13)21(22)23)17-19-14-5-3-4-6-16(14)24-17/h3-6,11,13,15,18H,7-10H2,1-2H3. The van der Waals surface area contributed by atoms with E-state index < -0.39 is 6.04 Å². The summed E-state index contributed by atoms with van der Waals surface area (Å²) in [4.78, 5) is 17.8. The van der Waals surface area contributed by atoms with Crippen molar-refractivity contribution in [3.05, 3.63) is 46.3 Å². The summed E-state index contributed by atoms with van der Waals surface area (Å²) in [5.74, 6) is 0.495. The Bertz CT molecular complexity index is 720. The summed E-state index contributed by atoms with van der Waals surface area (Å²) in [6.45, 7) is 1.58. The lowest BCUT2D eigenvalue weighted by Crippen LogP contribution is -2.46. The molecule has 0 fully saturated rings. The zero-order valence-electron chi connectivity index (χ0n) is 13.9. The van der Waals surface area contributed by atoms with Crippen LogP contribution in [0, 0.1) is 10.1 Å². The second-order valence-corrected chi connectivity index (χ2v) is 6.36. The normalized spacial score (nSPS) is 21.2. The van der Waals surface area contributed by atoms with Crippen LogP contribution < -0.4 is 5.32 Å². The molecule has 0 saturated carbocycles. The highest BCUT2D eigenvalue weighted by molar-refractivity contribution is 5.75. The zero-order valence-corrected chi connectivity index (χ0v) is 13.9. The van der Waals surface area contributed by atoms with Gasteiger partial charge in [-0.2, -0.15) is 0 Å². The van der Waals surface area contributed by atoms with Gasteiger partial charge in [-0.15, -0.1) is 0 Å². The molecule has 0 amide bonds. The van der Waals surface area contributed by atoms with Crippen LogP contribution in [0.2, 0.25) is 0 Å². The van der Waals surface area contributed by atoms with Crippen molar-refractivity contribution in [1.29, 1.82) is 0 Å². The first-order chi connectivity index (χ1) is 11.5. The van der Waals surface area contributed by atoms with Crippen LogP contribution in [-0.4, -0.2) is 54.1 Å². The first-order valence-electron chi connectivity index (χ1n) is 8.13. The van der Waals surface area contributed by atoms with Crippen molar-refractivity contribution in [2.45, 2.75) is 24.9 Å². The van der Waals surface area contributed by atoms with Crippen LogP contribution in [0.1, 0.15) is 18.7 Å². The van der Waals surface area contributed by atoms with Crippen molar-refractivity contribution in [2.75, 3.05) is 27.2 Å². The van der Waals surface area contributed by atoms with Crippen LogP contribution in [0.5, 0.6) is 0 Å². The molecule has 0 aliphatic heterocycles. The van der Waals surface area contributed by atoms with Gasteiger partial charge in [0.25, 0.3) is 0 Å². The molecule has 128 valence electrons. The Labute approximate surface area is 140 Å². The smallest absolute Gasteiger partial charge is 0.247 e. The molecule has 1 aromatic carbocycles. The van der Waals surface area contributed by atoms with Gasteiger partial charge in [-0.25, -0.2) is 4.98 Å². The van der Waals surface area contributed by atoms with Crippen LogP contribution >= 0.6 is 0 Å². The molecule has 1 aliphatic rings. The van der Waals surface area contributed by atoms with E-state index in [1.54, 1.807) is 6.08 Å². The third-order valence-corrected chi connectivity index (χ3v) is 4.29. The van der Waals surface area contributed by atoms with Gasteiger partial charge in [0, 0.05) is 23.6 Å². The average molecular weight is 330 g/mol. The highest BCUT2D eigenvalue weighted by atomic mass is 16.6. The molecule has 1 N–H and O–H groups in total. The van der Waals surface area contributed by atoms with Crippen molar-refractivity contribution < 1.29 is 9.34 Å². The predicted octanol–water partition coefficient (Wildman–Crippen LogP) is 2.17. The minimum atomic E-state index is -0.758. The molecule has 1 heterocycles. The lowest BCUT2D eigenvalue weighted by molar-refractivity contribution is -0.514. The third-order valence-electron chi connectivity index (χ3n) is 4.29. The lowest BCUT2D eigenvalue weighted by atomic mass is 9.91. The fraction of sp³-hybridized carbons (Fsp3) is 0.471. The number of likely N-dealkylation sites (N-methyl/N-ethyl adjacent to an activating group) is 1. The number of hydrogen-bond acceptors (Lipinski definition) is 6. The Balaban J connectivity index is 1.78. The number of nitrogens with zero attached hydrogens (tertiary/aromatic N) is 3. The van der Waals surface area contributed by atoms with E-state index in [-0.39, 0.29) is 11.0 Å². The van der Waals surface area contributed by atoms with E-state index >= 15 is 0 Å². The van der Waals surface area contributed by atoms with Gasteiger partial charge in [0.15, 0.2) is 5.58 Å². The van der Waals surface area contributed by atoms with Crippen molar-refractivity contribution in [1.82, 2.24) is 15.2 Å². The Morgan fingerprint density at radius 1 is 1.42 bits per heavy atom. The molecule has 2 aromatic rings. The molecule has 0 saturated heterocycles. The molecule has 1 aliphatic carbocycles. The number of para-hydroxylation sites is 2. The van der Waals surface area contributed by atoms with Crippen molar-refractivity contribution in [3.8, 4) is 0 Å². The lowest BCUT2D eigenvalue weighted by Gasteiger charge is -2.25. The monoisotopic (exact) mass is 330 g/mol. The van der Waals surface area contributed by atoms with Gasteiger partial charge in [-0.3, -0.25) is 10.1 Å². The summed E-state index contributed by atoms with van der Waals surface area (Å²) in [5.41, 5.74) is 2.30. The van der Waals surface area contributed by atoms with Crippen LogP contribution in [0.3, 0.4) is 0 Å². The van der Waals surface area contributed by atoms with E-state index in [1.807, 2.05) is 38.4 Å². The van der Waals surface area contributed by atoms with Crippen LogP contribution in [0.25, 0.3) is 16.7 Å². The highest BCUT2D eigenvalue weighted by Gasteiger charge is 2.34. The van der Waals surface area contributed by atoms with E-state index in [0.717, 1.165) is 30.6 Å². The number of nitro groups is 1. The highest BCUT2D eigenvalue weighted by Crippen LogP contribution is 2.30. The molecule has 2 atom stereocenters. The first kappa shape index (κ1) is 16.6. The second kappa shape index (κ2) is 7.11. The number of aromatic nitrogens is 1. The van der Waals surface area contributed by atoms with Gasteiger partial charge in [0.2, 0.25) is 11.9 Å². The maximum absolute atomic E-state index is 11.5. The van der Waals surface area contributed by atoms with E-state index in [0.29, 0.717) is 17.9 Å². The molecule has 0 spiro atoms. The van der Waals surface area contributed by atoms with Gasteiger partial charge < -0.3 is 14.6 Å². The van der Waals surface area contributed by atoms with Gasteiger partial charge in [0.1, 0.15) is 5.52 Å². The summed E-state index contributed by atoms with van der Waals surface area (Å²) >= 11 is 0. The van der Waals surface area contributed by atoms with E-state index in [9.17, 15) is 10.1 Å². The summed E-state index contributed by atoms with van der Waals surface area (Å²) in [6, 6.07) is 6.60. The summed E-state index contributed by atoms with van der Waals surface area (Å²) in [5, 5.41) is 14.8. The molecule has 3 rings (SSSR count). The number of allylic oxidation sites excluding steroid dienone is 1. The number of rotatable bonds is 6. The fourth-order valence-electron chi connectivity index (χ4n) is 2.98. The predicted molar refractivity (Wildman–Crippen MR) is 92.3 cm³/mol. The van der Waals surface area contributed by atoms with Crippen LogP contribution in [0.15, 0.2) is 34.8 Å². The Morgan fingerprint density at radius 3 is 2.92 bits per heavy atom. The molecular formula is C17H22N4O3. The quantitative estimate of drug-likeness (QED) is 0.645. The van der Waals surface area contributed by atoms with E-state index in [2.05, 4.69) is 15.2 Å². The van der Waals surface area contributed by atoms with Gasteiger partial charge in [-0.05, 0) is 45.1 Å². The molecule has 7 nitrogen and oxygen atoms in total.